The number of aromatic amines is 1. The molecular formula is C13H13N3O2. The molecule has 0 aliphatic heterocycles. The fraction of sp³-hybridized carbons (Fsp3) is 0.154. The Morgan fingerprint density at radius 3 is 2.94 bits per heavy atom. The number of aryl methyl sites for hydroxylation is 1. The van der Waals surface area contributed by atoms with Gasteiger partial charge in [-0.25, -0.2) is 0 Å². The summed E-state index contributed by atoms with van der Waals surface area (Å²) in [5, 5.41) is 2.74. The van der Waals surface area contributed by atoms with E-state index in [9.17, 15) is 9.59 Å². The van der Waals surface area contributed by atoms with Gasteiger partial charge in [0.25, 0.3) is 5.91 Å². The summed E-state index contributed by atoms with van der Waals surface area (Å²) in [5.74, 6) is -0.270. The molecule has 0 atom stereocenters. The Hall–Kier alpha value is -2.43. The van der Waals surface area contributed by atoms with E-state index >= 15 is 0 Å². The molecule has 0 aromatic carbocycles. The highest BCUT2D eigenvalue weighted by Crippen LogP contribution is 1.99. The molecule has 0 aliphatic rings. The van der Waals surface area contributed by atoms with E-state index in [1.54, 1.807) is 31.5 Å². The molecule has 0 spiro atoms. The largest absolute Gasteiger partial charge is 0.348 e. The second-order valence-corrected chi connectivity index (χ2v) is 3.96. The van der Waals surface area contributed by atoms with Gasteiger partial charge in [-0.1, -0.05) is 6.07 Å². The summed E-state index contributed by atoms with van der Waals surface area (Å²) in [6.07, 6.45) is 3.36. The number of aromatic nitrogens is 2. The number of amides is 1. The summed E-state index contributed by atoms with van der Waals surface area (Å²) in [5.41, 5.74) is 1.66. The van der Waals surface area contributed by atoms with Crippen LogP contribution in [0.4, 0.5) is 0 Å². The van der Waals surface area contributed by atoms with Gasteiger partial charge in [-0.15, -0.1) is 0 Å². The Balaban J connectivity index is 2.06. The fourth-order valence-electron chi connectivity index (χ4n) is 1.60. The van der Waals surface area contributed by atoms with Gasteiger partial charge in [-0.2, -0.15) is 0 Å². The maximum absolute atomic E-state index is 11.8. The van der Waals surface area contributed by atoms with E-state index in [0.29, 0.717) is 17.8 Å². The molecule has 92 valence electrons. The first-order valence-corrected chi connectivity index (χ1v) is 5.53. The van der Waals surface area contributed by atoms with Crippen molar-refractivity contribution in [3.63, 3.8) is 0 Å². The van der Waals surface area contributed by atoms with Gasteiger partial charge in [0.15, 0.2) is 0 Å². The summed E-state index contributed by atoms with van der Waals surface area (Å²) in [4.78, 5) is 29.6. The lowest BCUT2D eigenvalue weighted by Gasteiger charge is -2.05. The van der Waals surface area contributed by atoms with Crippen LogP contribution in [0.3, 0.4) is 0 Å². The van der Waals surface area contributed by atoms with E-state index in [4.69, 9.17) is 0 Å². The molecule has 18 heavy (non-hydrogen) atoms. The summed E-state index contributed by atoms with van der Waals surface area (Å²) >= 11 is 0. The molecule has 0 radical (unpaired) electrons. The normalized spacial score (nSPS) is 10.1. The van der Waals surface area contributed by atoms with Crippen molar-refractivity contribution in [1.29, 1.82) is 0 Å². The van der Waals surface area contributed by atoms with Crippen molar-refractivity contribution >= 4 is 5.91 Å². The Bertz CT molecular complexity index is 605. The third kappa shape index (κ3) is 3.04. The lowest BCUT2D eigenvalue weighted by molar-refractivity contribution is 0.0950. The summed E-state index contributed by atoms with van der Waals surface area (Å²) in [6.45, 7) is 2.12. The third-order valence-electron chi connectivity index (χ3n) is 2.42. The molecule has 1 amide bonds. The average molecular weight is 243 g/mol. The number of nitrogens with one attached hydrogen (secondary N) is 2. The van der Waals surface area contributed by atoms with Crippen LogP contribution in [-0.4, -0.2) is 15.9 Å². The lowest BCUT2D eigenvalue weighted by Crippen LogP contribution is -2.24. The number of carbonyl (C=O) groups is 1. The number of nitrogens with zero attached hydrogens (tertiary/aromatic N) is 1. The molecule has 2 N–H and O–H groups in total. The lowest BCUT2D eigenvalue weighted by atomic mass is 10.2. The van der Waals surface area contributed by atoms with Crippen LogP contribution in [0.5, 0.6) is 0 Å². The Kier molecular flexibility index (Phi) is 3.52. The number of hydrogen-bond acceptors (Lipinski definition) is 3. The van der Waals surface area contributed by atoms with Gasteiger partial charge in [0.05, 0.1) is 0 Å². The minimum absolute atomic E-state index is 0.270. The van der Waals surface area contributed by atoms with Crippen molar-refractivity contribution in [3.8, 4) is 0 Å². The van der Waals surface area contributed by atoms with E-state index in [-0.39, 0.29) is 11.5 Å². The molecule has 2 rings (SSSR count). The molecule has 2 heterocycles. The zero-order valence-corrected chi connectivity index (χ0v) is 9.93. The van der Waals surface area contributed by atoms with Crippen molar-refractivity contribution in [3.05, 3.63) is 63.8 Å². The maximum atomic E-state index is 11.8. The van der Waals surface area contributed by atoms with E-state index in [1.807, 2.05) is 6.07 Å². The highest BCUT2D eigenvalue weighted by atomic mass is 16.2. The van der Waals surface area contributed by atoms with Crippen LogP contribution < -0.4 is 10.9 Å². The summed E-state index contributed by atoms with van der Waals surface area (Å²) in [7, 11) is 0. The number of pyridine rings is 2. The second kappa shape index (κ2) is 5.27. The van der Waals surface area contributed by atoms with E-state index < -0.39 is 0 Å². The Labute approximate surface area is 104 Å². The van der Waals surface area contributed by atoms with Crippen LogP contribution in [0.2, 0.25) is 0 Å². The Morgan fingerprint density at radius 2 is 2.28 bits per heavy atom. The number of carbonyl (C=O) groups excluding carboxylic acids is 1. The molecular weight excluding hydrogens is 230 g/mol. The third-order valence-corrected chi connectivity index (χ3v) is 2.42. The molecule has 0 fully saturated rings. The van der Waals surface area contributed by atoms with Crippen LogP contribution in [0.25, 0.3) is 0 Å². The van der Waals surface area contributed by atoms with Gasteiger partial charge in [-0.3, -0.25) is 14.6 Å². The van der Waals surface area contributed by atoms with Crippen LogP contribution in [-0.2, 0) is 6.54 Å². The topological polar surface area (TPSA) is 74.8 Å². The van der Waals surface area contributed by atoms with Crippen molar-refractivity contribution in [2.24, 2.45) is 0 Å². The quantitative estimate of drug-likeness (QED) is 0.844. The predicted octanol–water partition coefficient (Wildman–Crippen LogP) is 1.01. The SMILES string of the molecule is Cc1cc(C(=O)NCc2cccnc2)cc(=O)[nH]1. The number of rotatable bonds is 3. The summed E-state index contributed by atoms with van der Waals surface area (Å²) < 4.78 is 0. The first kappa shape index (κ1) is 12.0. The molecule has 5 nitrogen and oxygen atoms in total. The second-order valence-electron chi connectivity index (χ2n) is 3.96. The van der Waals surface area contributed by atoms with Crippen LogP contribution in [0, 0.1) is 6.92 Å². The maximum Gasteiger partial charge on any atom is 0.251 e. The molecule has 0 aliphatic carbocycles. The van der Waals surface area contributed by atoms with Gasteiger partial charge < -0.3 is 10.3 Å². The number of H-pyrrole nitrogens is 1. The fourth-order valence-corrected chi connectivity index (χ4v) is 1.60. The number of hydrogen-bond donors (Lipinski definition) is 2. The smallest absolute Gasteiger partial charge is 0.251 e. The first-order chi connectivity index (χ1) is 8.65. The standard InChI is InChI=1S/C13H13N3O2/c1-9-5-11(6-12(17)16-9)13(18)15-8-10-3-2-4-14-7-10/h2-7H,8H2,1H3,(H,15,18)(H,16,17). The minimum Gasteiger partial charge on any atom is -0.348 e. The monoisotopic (exact) mass is 243 g/mol. The molecule has 2 aromatic rings. The minimum atomic E-state index is -0.276. The van der Waals surface area contributed by atoms with E-state index in [2.05, 4.69) is 15.3 Å². The summed E-state index contributed by atoms with van der Waals surface area (Å²) in [6, 6.07) is 6.60. The predicted molar refractivity (Wildman–Crippen MR) is 67.2 cm³/mol. The van der Waals surface area contributed by atoms with Crippen molar-refractivity contribution in [2.75, 3.05) is 0 Å². The molecule has 2 aromatic heterocycles. The van der Waals surface area contributed by atoms with Gasteiger partial charge >= 0.3 is 0 Å². The highest BCUT2D eigenvalue weighted by molar-refractivity contribution is 5.94. The van der Waals surface area contributed by atoms with Gasteiger partial charge in [0.2, 0.25) is 5.56 Å². The highest BCUT2D eigenvalue weighted by Gasteiger charge is 2.06. The van der Waals surface area contributed by atoms with Crippen LogP contribution in [0.1, 0.15) is 21.6 Å². The van der Waals surface area contributed by atoms with Gasteiger partial charge in [0, 0.05) is 36.3 Å². The van der Waals surface area contributed by atoms with Crippen molar-refractivity contribution < 1.29 is 4.79 Å². The molecule has 0 unspecified atom stereocenters. The van der Waals surface area contributed by atoms with Gasteiger partial charge in [0.1, 0.15) is 0 Å². The van der Waals surface area contributed by atoms with Crippen LogP contribution >= 0.6 is 0 Å². The van der Waals surface area contributed by atoms with Crippen molar-refractivity contribution in [2.45, 2.75) is 13.5 Å². The first-order valence-electron chi connectivity index (χ1n) is 5.53. The van der Waals surface area contributed by atoms with E-state index in [0.717, 1.165) is 5.56 Å². The molecule has 0 saturated carbocycles. The van der Waals surface area contributed by atoms with Crippen molar-refractivity contribution in [1.82, 2.24) is 15.3 Å². The zero-order chi connectivity index (χ0) is 13.0. The Morgan fingerprint density at radius 1 is 1.44 bits per heavy atom. The van der Waals surface area contributed by atoms with E-state index in [1.165, 1.54) is 6.07 Å². The molecule has 0 saturated heterocycles. The van der Waals surface area contributed by atoms with Crippen LogP contribution in [0.15, 0.2) is 41.5 Å². The average Bonchev–Trinajstić information content (AvgIpc) is 2.36. The molecule has 5 heteroatoms. The molecule has 0 bridgehead atoms. The zero-order valence-electron chi connectivity index (χ0n) is 9.93. The van der Waals surface area contributed by atoms with Gasteiger partial charge in [-0.05, 0) is 24.6 Å².